The number of carbonyl (C=O) groups is 1. The van der Waals surface area contributed by atoms with Gasteiger partial charge in [-0.05, 0) is 46.1 Å². The van der Waals surface area contributed by atoms with Gasteiger partial charge in [0.05, 0.1) is 11.9 Å². The number of carbonyl (C=O) groups excluding carboxylic acids is 1. The fraction of sp³-hybridized carbons (Fsp3) is 0.650. The number of nitrogens with zero attached hydrogens (tertiary/aromatic N) is 3. The lowest BCUT2D eigenvalue weighted by Crippen LogP contribution is -2.49. The van der Waals surface area contributed by atoms with Crippen LogP contribution in [-0.2, 0) is 11.3 Å². The summed E-state index contributed by atoms with van der Waals surface area (Å²) in [5.74, 6) is 0.712. The van der Waals surface area contributed by atoms with E-state index < -0.39 is 11.7 Å². The molecule has 2 heterocycles. The normalized spacial score (nSPS) is 13.6. The van der Waals surface area contributed by atoms with E-state index in [4.69, 9.17) is 4.74 Å². The third kappa shape index (κ3) is 5.92. The number of rotatable bonds is 5. The molecule has 27 heavy (non-hydrogen) atoms. The quantitative estimate of drug-likeness (QED) is 0.837. The first-order valence-electron chi connectivity index (χ1n) is 9.37. The Hall–Kier alpha value is -2.15. The predicted octanol–water partition coefficient (Wildman–Crippen LogP) is 3.38. The van der Waals surface area contributed by atoms with Crippen molar-refractivity contribution in [2.75, 3.05) is 6.54 Å². The van der Waals surface area contributed by atoms with Crippen molar-refractivity contribution in [3.63, 3.8) is 0 Å². The van der Waals surface area contributed by atoms with E-state index in [0.717, 1.165) is 17.1 Å². The van der Waals surface area contributed by atoms with E-state index in [1.54, 1.807) is 0 Å². The van der Waals surface area contributed by atoms with E-state index in [-0.39, 0.29) is 11.5 Å². The molecule has 7 heteroatoms. The monoisotopic (exact) mass is 375 g/mol. The molecule has 0 radical (unpaired) electrons. The minimum atomic E-state index is -0.506. The highest BCUT2D eigenvalue weighted by atomic mass is 16.6. The van der Waals surface area contributed by atoms with Gasteiger partial charge in [-0.2, -0.15) is 0 Å². The van der Waals surface area contributed by atoms with Crippen molar-refractivity contribution in [3.8, 4) is 0 Å². The first-order chi connectivity index (χ1) is 12.4. The third-order valence-corrected chi connectivity index (χ3v) is 4.29. The molecule has 2 rings (SSSR count). The minimum absolute atomic E-state index is 0.0423. The zero-order valence-corrected chi connectivity index (χ0v) is 17.8. The lowest BCUT2D eigenvalue weighted by atomic mass is 9.86. The molecule has 1 amide bonds. The van der Waals surface area contributed by atoms with Crippen LogP contribution in [0.2, 0.25) is 0 Å². The number of hydrogen-bond donors (Lipinski definition) is 2. The second kappa shape index (κ2) is 7.84. The number of aromatic nitrogens is 3. The van der Waals surface area contributed by atoms with Gasteiger partial charge < -0.3 is 15.4 Å². The molecule has 0 aliphatic carbocycles. The number of alkyl carbamates (subject to hydrolysis) is 1. The number of imidazole rings is 1. The molecule has 0 saturated carbocycles. The Kier molecular flexibility index (Phi) is 6.14. The van der Waals surface area contributed by atoms with Crippen molar-refractivity contribution in [1.82, 2.24) is 25.0 Å². The summed E-state index contributed by atoms with van der Waals surface area (Å²) in [4.78, 5) is 20.9. The van der Waals surface area contributed by atoms with Crippen molar-refractivity contribution >= 4 is 11.9 Å². The lowest BCUT2D eigenvalue weighted by Gasteiger charge is -2.32. The molecule has 0 spiro atoms. The molecule has 0 aliphatic heterocycles. The van der Waals surface area contributed by atoms with Crippen LogP contribution in [0.15, 0.2) is 12.3 Å². The van der Waals surface area contributed by atoms with E-state index in [1.165, 1.54) is 0 Å². The Morgan fingerprint density at radius 2 is 1.89 bits per heavy atom. The molecular formula is C20H33N5O2. The van der Waals surface area contributed by atoms with Gasteiger partial charge in [-0.15, -0.1) is 0 Å². The number of hydrogen-bond acceptors (Lipinski definition) is 5. The Balaban J connectivity index is 2.06. The number of fused-ring (bicyclic) bond motifs is 1. The first kappa shape index (κ1) is 21.2. The zero-order chi connectivity index (χ0) is 20.4. The fourth-order valence-corrected chi connectivity index (χ4v) is 2.93. The third-order valence-electron chi connectivity index (χ3n) is 4.29. The summed E-state index contributed by atoms with van der Waals surface area (Å²) in [5.41, 5.74) is 2.56. The highest BCUT2D eigenvalue weighted by molar-refractivity contribution is 5.67. The Morgan fingerprint density at radius 3 is 2.48 bits per heavy atom. The summed E-state index contributed by atoms with van der Waals surface area (Å²) in [7, 11) is 0. The smallest absolute Gasteiger partial charge is 0.407 e. The van der Waals surface area contributed by atoms with Crippen LogP contribution in [0.1, 0.15) is 58.6 Å². The van der Waals surface area contributed by atoms with Gasteiger partial charge in [0, 0.05) is 30.5 Å². The van der Waals surface area contributed by atoms with E-state index >= 15 is 0 Å². The van der Waals surface area contributed by atoms with Gasteiger partial charge in [-0.1, -0.05) is 20.8 Å². The average Bonchev–Trinajstić information content (AvgIpc) is 2.87. The molecule has 0 bridgehead atoms. The summed E-state index contributed by atoms with van der Waals surface area (Å²) < 4.78 is 7.39. The molecule has 2 aromatic rings. The molecule has 2 N–H and O–H groups in total. The average molecular weight is 376 g/mol. The van der Waals surface area contributed by atoms with Crippen LogP contribution >= 0.6 is 0 Å². The van der Waals surface area contributed by atoms with Gasteiger partial charge in [-0.3, -0.25) is 4.40 Å². The van der Waals surface area contributed by atoms with Crippen LogP contribution in [0, 0.1) is 19.3 Å². The van der Waals surface area contributed by atoms with Gasteiger partial charge in [0.25, 0.3) is 0 Å². The maximum atomic E-state index is 12.0. The molecular weight excluding hydrogens is 342 g/mol. The summed E-state index contributed by atoms with van der Waals surface area (Å²) in [6.45, 7) is 17.1. The molecule has 150 valence electrons. The van der Waals surface area contributed by atoms with E-state index in [9.17, 15) is 4.79 Å². The SMILES string of the molecule is Cc1cc(C)n2c(CN[C@H](CNC(=O)OC(C)(C)C)C(C)(C)C)cnc2n1. The Morgan fingerprint density at radius 1 is 1.22 bits per heavy atom. The van der Waals surface area contributed by atoms with Crippen LogP contribution in [0.4, 0.5) is 4.79 Å². The summed E-state index contributed by atoms with van der Waals surface area (Å²) >= 11 is 0. The molecule has 7 nitrogen and oxygen atoms in total. The summed E-state index contributed by atoms with van der Waals surface area (Å²) in [5, 5.41) is 6.43. The number of ether oxygens (including phenoxy) is 1. The van der Waals surface area contributed by atoms with Gasteiger partial charge in [-0.25, -0.2) is 14.8 Å². The van der Waals surface area contributed by atoms with Gasteiger partial charge >= 0.3 is 6.09 Å². The van der Waals surface area contributed by atoms with E-state index in [2.05, 4.69) is 52.7 Å². The van der Waals surface area contributed by atoms with Crippen molar-refractivity contribution in [3.05, 3.63) is 29.3 Å². The Labute approximate surface area is 161 Å². The van der Waals surface area contributed by atoms with Crippen LogP contribution in [0.3, 0.4) is 0 Å². The molecule has 0 unspecified atom stereocenters. The largest absolute Gasteiger partial charge is 0.444 e. The van der Waals surface area contributed by atoms with Crippen LogP contribution in [0.5, 0.6) is 0 Å². The van der Waals surface area contributed by atoms with Crippen molar-refractivity contribution in [1.29, 1.82) is 0 Å². The molecule has 1 atom stereocenters. The number of nitrogens with one attached hydrogen (secondary N) is 2. The summed E-state index contributed by atoms with van der Waals surface area (Å²) in [6.07, 6.45) is 1.45. The molecule has 0 aromatic carbocycles. The van der Waals surface area contributed by atoms with E-state index in [1.807, 2.05) is 40.0 Å². The second-order valence-electron chi connectivity index (χ2n) is 9.11. The second-order valence-corrected chi connectivity index (χ2v) is 9.11. The standard InChI is InChI=1S/C20H33N5O2/c1-13-9-14(2)25-15(11-22-17(25)24-13)10-21-16(19(3,4)5)12-23-18(26)27-20(6,7)8/h9,11,16,21H,10,12H2,1-8H3,(H,23,26)/t16-/m1/s1. The fourth-order valence-electron chi connectivity index (χ4n) is 2.93. The van der Waals surface area contributed by atoms with Crippen molar-refractivity contribution in [2.45, 2.75) is 73.6 Å². The maximum Gasteiger partial charge on any atom is 0.407 e. The van der Waals surface area contributed by atoms with E-state index in [0.29, 0.717) is 18.9 Å². The lowest BCUT2D eigenvalue weighted by molar-refractivity contribution is 0.0513. The molecule has 0 fully saturated rings. The minimum Gasteiger partial charge on any atom is -0.444 e. The zero-order valence-electron chi connectivity index (χ0n) is 17.8. The van der Waals surface area contributed by atoms with Crippen LogP contribution in [-0.4, -0.2) is 38.6 Å². The number of aryl methyl sites for hydroxylation is 2. The van der Waals surface area contributed by atoms with Crippen molar-refractivity contribution in [2.24, 2.45) is 5.41 Å². The van der Waals surface area contributed by atoms with Gasteiger partial charge in [0.2, 0.25) is 5.78 Å². The van der Waals surface area contributed by atoms with Gasteiger partial charge in [0.1, 0.15) is 5.60 Å². The highest BCUT2D eigenvalue weighted by Crippen LogP contribution is 2.20. The summed E-state index contributed by atoms with van der Waals surface area (Å²) in [6, 6.07) is 2.11. The first-order valence-corrected chi connectivity index (χ1v) is 9.37. The van der Waals surface area contributed by atoms with Crippen LogP contribution < -0.4 is 10.6 Å². The van der Waals surface area contributed by atoms with Gasteiger partial charge in [0.15, 0.2) is 0 Å². The topological polar surface area (TPSA) is 80.5 Å². The van der Waals surface area contributed by atoms with Crippen LogP contribution in [0.25, 0.3) is 5.78 Å². The number of amides is 1. The molecule has 2 aromatic heterocycles. The maximum absolute atomic E-state index is 12.0. The van der Waals surface area contributed by atoms with Crippen molar-refractivity contribution < 1.29 is 9.53 Å². The highest BCUT2D eigenvalue weighted by Gasteiger charge is 2.26. The Bertz CT molecular complexity index is 799. The molecule has 0 saturated heterocycles. The molecule has 0 aliphatic rings. The predicted molar refractivity (Wildman–Crippen MR) is 107 cm³/mol.